The predicted octanol–water partition coefficient (Wildman–Crippen LogP) is 5.56. The first-order valence-corrected chi connectivity index (χ1v) is 8.24. The SMILES string of the molecule is CCCCC(CC)CC(C)(O)C(CC)CCCC. The second kappa shape index (κ2) is 9.83. The fraction of sp³-hybridized carbons (Fsp3) is 1.00. The molecule has 0 aliphatic rings. The first-order valence-electron chi connectivity index (χ1n) is 8.24. The van der Waals surface area contributed by atoms with Crippen LogP contribution in [-0.4, -0.2) is 10.7 Å². The van der Waals surface area contributed by atoms with Crippen molar-refractivity contribution in [2.24, 2.45) is 11.8 Å². The minimum atomic E-state index is -0.460. The van der Waals surface area contributed by atoms with Gasteiger partial charge in [-0.1, -0.05) is 72.6 Å². The lowest BCUT2D eigenvalue weighted by molar-refractivity contribution is -0.0296. The second-order valence-electron chi connectivity index (χ2n) is 6.23. The molecule has 0 bridgehead atoms. The highest BCUT2D eigenvalue weighted by atomic mass is 16.3. The van der Waals surface area contributed by atoms with Gasteiger partial charge in [0.2, 0.25) is 0 Å². The van der Waals surface area contributed by atoms with Crippen molar-refractivity contribution in [2.45, 2.75) is 98.0 Å². The molecular weight excluding hydrogens is 220 g/mol. The van der Waals surface area contributed by atoms with Crippen molar-refractivity contribution in [2.75, 3.05) is 0 Å². The minimum Gasteiger partial charge on any atom is -0.390 e. The smallest absolute Gasteiger partial charge is 0.0650 e. The highest BCUT2D eigenvalue weighted by Crippen LogP contribution is 2.34. The first-order chi connectivity index (χ1) is 8.51. The molecule has 0 spiro atoms. The lowest BCUT2D eigenvalue weighted by Crippen LogP contribution is -2.36. The Morgan fingerprint density at radius 3 is 1.89 bits per heavy atom. The molecule has 0 aromatic carbocycles. The third-order valence-corrected chi connectivity index (χ3v) is 4.52. The molecule has 3 unspecified atom stereocenters. The number of rotatable bonds is 11. The van der Waals surface area contributed by atoms with E-state index in [1.54, 1.807) is 0 Å². The van der Waals surface area contributed by atoms with E-state index in [4.69, 9.17) is 0 Å². The summed E-state index contributed by atoms with van der Waals surface area (Å²) in [5.41, 5.74) is -0.460. The van der Waals surface area contributed by atoms with Crippen molar-refractivity contribution >= 4 is 0 Å². The topological polar surface area (TPSA) is 20.2 Å². The van der Waals surface area contributed by atoms with Crippen molar-refractivity contribution in [1.29, 1.82) is 0 Å². The fourth-order valence-electron chi connectivity index (χ4n) is 3.10. The monoisotopic (exact) mass is 256 g/mol. The van der Waals surface area contributed by atoms with Gasteiger partial charge in [0.15, 0.2) is 0 Å². The maximum absolute atomic E-state index is 10.8. The van der Waals surface area contributed by atoms with E-state index in [1.807, 2.05) is 0 Å². The Bertz CT molecular complexity index is 186. The van der Waals surface area contributed by atoms with E-state index in [0.717, 1.165) is 12.8 Å². The minimum absolute atomic E-state index is 0.460. The number of unbranched alkanes of at least 4 members (excludes halogenated alkanes) is 2. The molecule has 18 heavy (non-hydrogen) atoms. The van der Waals surface area contributed by atoms with E-state index < -0.39 is 5.60 Å². The molecule has 0 radical (unpaired) electrons. The molecule has 0 rings (SSSR count). The van der Waals surface area contributed by atoms with E-state index in [1.165, 1.54) is 44.9 Å². The average molecular weight is 256 g/mol. The second-order valence-corrected chi connectivity index (χ2v) is 6.23. The van der Waals surface area contributed by atoms with Gasteiger partial charge in [0.05, 0.1) is 5.60 Å². The fourth-order valence-corrected chi connectivity index (χ4v) is 3.10. The molecule has 0 amide bonds. The van der Waals surface area contributed by atoms with Gasteiger partial charge in [-0.2, -0.15) is 0 Å². The van der Waals surface area contributed by atoms with E-state index in [0.29, 0.717) is 11.8 Å². The number of aliphatic hydroxyl groups is 1. The molecule has 0 aromatic rings. The Kier molecular flexibility index (Phi) is 9.81. The Morgan fingerprint density at radius 1 is 0.889 bits per heavy atom. The van der Waals surface area contributed by atoms with Gasteiger partial charge in [-0.25, -0.2) is 0 Å². The Morgan fingerprint density at radius 2 is 1.44 bits per heavy atom. The van der Waals surface area contributed by atoms with Crippen LogP contribution in [0.1, 0.15) is 92.4 Å². The van der Waals surface area contributed by atoms with E-state index in [2.05, 4.69) is 34.6 Å². The van der Waals surface area contributed by atoms with E-state index in [9.17, 15) is 5.11 Å². The van der Waals surface area contributed by atoms with Crippen LogP contribution in [0.2, 0.25) is 0 Å². The van der Waals surface area contributed by atoms with Crippen LogP contribution in [0.25, 0.3) is 0 Å². The van der Waals surface area contributed by atoms with Crippen LogP contribution in [0.5, 0.6) is 0 Å². The van der Waals surface area contributed by atoms with Crippen LogP contribution in [-0.2, 0) is 0 Å². The highest BCUT2D eigenvalue weighted by molar-refractivity contribution is 4.83. The summed E-state index contributed by atoms with van der Waals surface area (Å²) in [7, 11) is 0. The normalized spacial score (nSPS) is 18.3. The van der Waals surface area contributed by atoms with E-state index in [-0.39, 0.29) is 0 Å². The lowest BCUT2D eigenvalue weighted by atomic mass is 9.76. The molecule has 0 aromatic heterocycles. The van der Waals surface area contributed by atoms with Gasteiger partial charge in [0.1, 0.15) is 0 Å². The summed E-state index contributed by atoms with van der Waals surface area (Å²) < 4.78 is 0. The molecule has 0 saturated carbocycles. The Labute approximate surface area is 115 Å². The van der Waals surface area contributed by atoms with Crippen LogP contribution in [0, 0.1) is 11.8 Å². The van der Waals surface area contributed by atoms with Crippen LogP contribution >= 0.6 is 0 Å². The summed E-state index contributed by atoms with van der Waals surface area (Å²) in [6, 6.07) is 0. The highest BCUT2D eigenvalue weighted by Gasteiger charge is 2.32. The zero-order valence-corrected chi connectivity index (χ0v) is 13.5. The Balaban J connectivity index is 4.36. The standard InChI is InChI=1S/C17H36O/c1-6-10-12-15(8-3)14-17(5,18)16(9-4)13-11-7-2/h15-16,18H,6-14H2,1-5H3. The van der Waals surface area contributed by atoms with Gasteiger partial charge < -0.3 is 5.11 Å². The van der Waals surface area contributed by atoms with Gasteiger partial charge in [0, 0.05) is 0 Å². The van der Waals surface area contributed by atoms with Gasteiger partial charge in [0.25, 0.3) is 0 Å². The summed E-state index contributed by atoms with van der Waals surface area (Å²) in [5, 5.41) is 10.8. The summed E-state index contributed by atoms with van der Waals surface area (Å²) in [4.78, 5) is 0. The van der Waals surface area contributed by atoms with Crippen LogP contribution < -0.4 is 0 Å². The predicted molar refractivity (Wildman–Crippen MR) is 81.9 cm³/mol. The zero-order valence-electron chi connectivity index (χ0n) is 13.5. The maximum Gasteiger partial charge on any atom is 0.0650 e. The molecule has 1 nitrogen and oxygen atoms in total. The molecule has 3 atom stereocenters. The van der Waals surface area contributed by atoms with Crippen molar-refractivity contribution in [3.8, 4) is 0 Å². The maximum atomic E-state index is 10.8. The van der Waals surface area contributed by atoms with Crippen LogP contribution in [0.15, 0.2) is 0 Å². The summed E-state index contributed by atoms with van der Waals surface area (Å²) in [5.74, 6) is 1.18. The molecular formula is C17H36O. The van der Waals surface area contributed by atoms with E-state index >= 15 is 0 Å². The lowest BCUT2D eigenvalue weighted by Gasteiger charge is -2.35. The number of hydrogen-bond donors (Lipinski definition) is 1. The molecule has 0 saturated heterocycles. The molecule has 0 heterocycles. The summed E-state index contributed by atoms with van der Waals surface area (Å²) in [6.45, 7) is 11.1. The van der Waals surface area contributed by atoms with Gasteiger partial charge >= 0.3 is 0 Å². The summed E-state index contributed by atoms with van der Waals surface area (Å²) in [6.07, 6.45) is 10.8. The molecule has 0 aliphatic carbocycles. The number of hydrogen-bond acceptors (Lipinski definition) is 1. The van der Waals surface area contributed by atoms with Crippen molar-refractivity contribution < 1.29 is 5.11 Å². The molecule has 0 fully saturated rings. The third kappa shape index (κ3) is 6.78. The zero-order chi connectivity index (χ0) is 14.0. The third-order valence-electron chi connectivity index (χ3n) is 4.52. The van der Waals surface area contributed by atoms with Crippen molar-refractivity contribution in [3.63, 3.8) is 0 Å². The van der Waals surface area contributed by atoms with Crippen LogP contribution in [0.3, 0.4) is 0 Å². The summed E-state index contributed by atoms with van der Waals surface area (Å²) >= 11 is 0. The Hall–Kier alpha value is -0.0400. The van der Waals surface area contributed by atoms with Gasteiger partial charge in [-0.15, -0.1) is 0 Å². The molecule has 0 aliphatic heterocycles. The largest absolute Gasteiger partial charge is 0.390 e. The molecule has 1 heteroatoms. The van der Waals surface area contributed by atoms with Crippen molar-refractivity contribution in [3.05, 3.63) is 0 Å². The quantitative estimate of drug-likeness (QED) is 0.513. The molecule has 110 valence electrons. The van der Waals surface area contributed by atoms with Gasteiger partial charge in [-0.05, 0) is 31.6 Å². The van der Waals surface area contributed by atoms with Gasteiger partial charge in [-0.3, -0.25) is 0 Å². The van der Waals surface area contributed by atoms with Crippen LogP contribution in [0.4, 0.5) is 0 Å². The molecule has 1 N–H and O–H groups in total. The average Bonchev–Trinajstić information content (AvgIpc) is 2.35. The first kappa shape index (κ1) is 18.0. The van der Waals surface area contributed by atoms with Crippen molar-refractivity contribution in [1.82, 2.24) is 0 Å².